The summed E-state index contributed by atoms with van der Waals surface area (Å²) in [4.78, 5) is 12.8. The molecule has 1 fully saturated rings. The zero-order valence-electron chi connectivity index (χ0n) is 8.24. The molecule has 4 nitrogen and oxygen atoms in total. The molecule has 1 saturated heterocycles. The van der Waals surface area contributed by atoms with Crippen molar-refractivity contribution in [3.63, 3.8) is 0 Å². The molecule has 1 aliphatic heterocycles. The largest absolute Gasteiger partial charge is 0.494 e. The third kappa shape index (κ3) is 1.55. The maximum atomic E-state index is 13.1. The van der Waals surface area contributed by atoms with Gasteiger partial charge in [-0.1, -0.05) is 0 Å². The fourth-order valence-electron chi connectivity index (χ4n) is 1.50. The highest BCUT2D eigenvalue weighted by Crippen LogP contribution is 2.27. The molecule has 5 heteroatoms. The zero-order valence-corrected chi connectivity index (χ0v) is 8.24. The van der Waals surface area contributed by atoms with E-state index in [1.54, 1.807) is 0 Å². The van der Waals surface area contributed by atoms with E-state index in [9.17, 15) is 9.18 Å². The predicted molar refractivity (Wildman–Crippen MR) is 53.3 cm³/mol. The van der Waals surface area contributed by atoms with Gasteiger partial charge in [0.15, 0.2) is 11.6 Å². The van der Waals surface area contributed by atoms with Crippen molar-refractivity contribution in [2.45, 2.75) is 6.04 Å². The molecule has 0 aliphatic carbocycles. The van der Waals surface area contributed by atoms with E-state index in [0.29, 0.717) is 12.2 Å². The molecule has 80 valence electrons. The van der Waals surface area contributed by atoms with Crippen LogP contribution in [0.25, 0.3) is 0 Å². The third-order valence-electron chi connectivity index (χ3n) is 2.41. The molecule has 0 bridgehead atoms. The monoisotopic (exact) mass is 210 g/mol. The maximum absolute atomic E-state index is 13.1. The lowest BCUT2D eigenvalue weighted by Crippen LogP contribution is -2.61. The molecular formula is C10H11FN2O2. The summed E-state index contributed by atoms with van der Waals surface area (Å²) in [6, 6.07) is 3.85. The number of ether oxygens (including phenoxy) is 1. The molecule has 0 radical (unpaired) electrons. The number of nitrogens with two attached hydrogens (primary N) is 1. The van der Waals surface area contributed by atoms with Gasteiger partial charge in [0.2, 0.25) is 5.91 Å². The summed E-state index contributed by atoms with van der Waals surface area (Å²) in [6.07, 6.45) is 0. The summed E-state index contributed by atoms with van der Waals surface area (Å²) in [5, 5.41) is 0. The SMILES string of the molecule is COc1cc(N2CC(N)C2=O)ccc1F. The summed E-state index contributed by atoms with van der Waals surface area (Å²) >= 11 is 0. The second-order valence-corrected chi connectivity index (χ2v) is 3.37. The Bertz CT molecular complexity index is 408. The topological polar surface area (TPSA) is 55.6 Å². The number of benzene rings is 1. The first-order valence-electron chi connectivity index (χ1n) is 4.54. The number of halogens is 1. The number of carbonyl (C=O) groups excluding carboxylic acids is 1. The van der Waals surface area contributed by atoms with Crippen LogP contribution in [0.2, 0.25) is 0 Å². The highest BCUT2D eigenvalue weighted by atomic mass is 19.1. The first-order chi connectivity index (χ1) is 7.13. The molecule has 2 N–H and O–H groups in total. The first kappa shape index (κ1) is 9.92. The van der Waals surface area contributed by atoms with E-state index in [4.69, 9.17) is 10.5 Å². The predicted octanol–water partition coefficient (Wildman–Crippen LogP) is 0.508. The van der Waals surface area contributed by atoms with Crippen molar-refractivity contribution in [3.05, 3.63) is 24.0 Å². The Balaban J connectivity index is 2.27. The normalized spacial score (nSPS) is 20.1. The standard InChI is InChI=1S/C10H11FN2O2/c1-15-9-4-6(2-3-7(9)11)13-5-8(12)10(13)14/h2-4,8H,5,12H2,1H3. The van der Waals surface area contributed by atoms with E-state index in [2.05, 4.69) is 0 Å². The van der Waals surface area contributed by atoms with Gasteiger partial charge in [-0.05, 0) is 12.1 Å². The molecule has 1 heterocycles. The number of methoxy groups -OCH3 is 1. The number of rotatable bonds is 2. The van der Waals surface area contributed by atoms with Gasteiger partial charge in [-0.25, -0.2) is 4.39 Å². The van der Waals surface area contributed by atoms with Gasteiger partial charge in [-0.15, -0.1) is 0 Å². The highest BCUT2D eigenvalue weighted by molar-refractivity contribution is 6.03. The number of β-lactam (4-membered cyclic amide) rings is 1. The second-order valence-electron chi connectivity index (χ2n) is 3.37. The zero-order chi connectivity index (χ0) is 11.0. The van der Waals surface area contributed by atoms with Crippen LogP contribution in [0.5, 0.6) is 5.75 Å². The molecule has 1 aliphatic rings. The number of amides is 1. The molecule has 0 saturated carbocycles. The lowest BCUT2D eigenvalue weighted by atomic mass is 10.1. The molecule has 1 amide bonds. The van der Waals surface area contributed by atoms with Gasteiger partial charge in [0.25, 0.3) is 0 Å². The van der Waals surface area contributed by atoms with Crippen LogP contribution in [0.4, 0.5) is 10.1 Å². The number of hydrogen-bond acceptors (Lipinski definition) is 3. The van der Waals surface area contributed by atoms with Crippen LogP contribution in [0.3, 0.4) is 0 Å². The average Bonchev–Trinajstić information content (AvgIpc) is 2.26. The Labute approximate surface area is 86.4 Å². The van der Waals surface area contributed by atoms with Crippen molar-refractivity contribution in [2.75, 3.05) is 18.6 Å². The minimum atomic E-state index is -0.446. The summed E-state index contributed by atoms with van der Waals surface area (Å²) in [7, 11) is 1.38. The van der Waals surface area contributed by atoms with Crippen molar-refractivity contribution >= 4 is 11.6 Å². The van der Waals surface area contributed by atoms with Crippen molar-refractivity contribution in [2.24, 2.45) is 5.73 Å². The van der Waals surface area contributed by atoms with E-state index in [0.717, 1.165) is 0 Å². The Morgan fingerprint density at radius 1 is 1.60 bits per heavy atom. The van der Waals surface area contributed by atoms with E-state index < -0.39 is 11.9 Å². The van der Waals surface area contributed by atoms with Crippen LogP contribution < -0.4 is 15.4 Å². The van der Waals surface area contributed by atoms with Gasteiger partial charge in [-0.2, -0.15) is 0 Å². The fraction of sp³-hybridized carbons (Fsp3) is 0.300. The number of hydrogen-bond donors (Lipinski definition) is 1. The van der Waals surface area contributed by atoms with Crippen molar-refractivity contribution in [3.8, 4) is 5.75 Å². The molecule has 15 heavy (non-hydrogen) atoms. The first-order valence-corrected chi connectivity index (χ1v) is 4.54. The summed E-state index contributed by atoms with van der Waals surface area (Å²) in [5.41, 5.74) is 6.06. The molecule has 1 aromatic rings. The lowest BCUT2D eigenvalue weighted by molar-refractivity contribution is -0.123. The van der Waals surface area contributed by atoms with Crippen molar-refractivity contribution in [1.82, 2.24) is 0 Å². The van der Waals surface area contributed by atoms with Crippen LogP contribution in [-0.4, -0.2) is 25.6 Å². The molecule has 1 aromatic carbocycles. The Morgan fingerprint density at radius 2 is 2.33 bits per heavy atom. The minimum absolute atomic E-state index is 0.126. The quantitative estimate of drug-likeness (QED) is 0.723. The Hall–Kier alpha value is -1.62. The van der Waals surface area contributed by atoms with Gasteiger partial charge < -0.3 is 15.4 Å². The number of carbonyl (C=O) groups is 1. The van der Waals surface area contributed by atoms with Crippen LogP contribution in [0.1, 0.15) is 0 Å². The highest BCUT2D eigenvalue weighted by Gasteiger charge is 2.34. The van der Waals surface area contributed by atoms with Crippen molar-refractivity contribution in [1.29, 1.82) is 0 Å². The van der Waals surface area contributed by atoms with Gasteiger partial charge in [0, 0.05) is 11.8 Å². The van der Waals surface area contributed by atoms with Crippen LogP contribution >= 0.6 is 0 Å². The van der Waals surface area contributed by atoms with Gasteiger partial charge >= 0.3 is 0 Å². The number of nitrogens with zero attached hydrogens (tertiary/aromatic N) is 1. The summed E-state index contributed by atoms with van der Waals surface area (Å²) < 4.78 is 17.9. The fourth-order valence-corrected chi connectivity index (χ4v) is 1.50. The van der Waals surface area contributed by atoms with E-state index in [1.807, 2.05) is 0 Å². The minimum Gasteiger partial charge on any atom is -0.494 e. The molecule has 1 unspecified atom stereocenters. The number of anilines is 1. The molecular weight excluding hydrogens is 199 g/mol. The Kier molecular flexibility index (Phi) is 2.32. The van der Waals surface area contributed by atoms with Gasteiger partial charge in [0.05, 0.1) is 13.7 Å². The smallest absolute Gasteiger partial charge is 0.245 e. The lowest BCUT2D eigenvalue weighted by Gasteiger charge is -2.36. The van der Waals surface area contributed by atoms with Gasteiger partial charge in [0.1, 0.15) is 6.04 Å². The summed E-state index contributed by atoms with van der Waals surface area (Å²) in [5.74, 6) is -0.469. The molecule has 1 atom stereocenters. The van der Waals surface area contributed by atoms with Crippen LogP contribution in [0, 0.1) is 5.82 Å². The van der Waals surface area contributed by atoms with Crippen molar-refractivity contribution < 1.29 is 13.9 Å². The van der Waals surface area contributed by atoms with E-state index >= 15 is 0 Å². The van der Waals surface area contributed by atoms with Gasteiger partial charge in [-0.3, -0.25) is 4.79 Å². The van der Waals surface area contributed by atoms with E-state index in [1.165, 1.54) is 30.2 Å². The van der Waals surface area contributed by atoms with E-state index in [-0.39, 0.29) is 11.7 Å². The van der Waals surface area contributed by atoms with Crippen LogP contribution in [0.15, 0.2) is 18.2 Å². The average molecular weight is 210 g/mol. The molecule has 0 aromatic heterocycles. The molecule has 0 spiro atoms. The summed E-state index contributed by atoms with van der Waals surface area (Å²) in [6.45, 7) is 0.466. The Morgan fingerprint density at radius 3 is 2.87 bits per heavy atom. The second kappa shape index (κ2) is 3.51. The molecule has 2 rings (SSSR count). The maximum Gasteiger partial charge on any atom is 0.245 e. The third-order valence-corrected chi connectivity index (χ3v) is 2.41. The van der Waals surface area contributed by atoms with Crippen LogP contribution in [-0.2, 0) is 4.79 Å².